The first-order chi connectivity index (χ1) is 14.4. The minimum atomic E-state index is 0.826. The van der Waals surface area contributed by atoms with Gasteiger partial charge in [-0.3, -0.25) is 0 Å². The molecule has 0 unspecified atom stereocenters. The molecule has 29 heavy (non-hydrogen) atoms. The quantitative estimate of drug-likeness (QED) is 0.208. The zero-order chi connectivity index (χ0) is 20.8. The lowest BCUT2D eigenvalue weighted by Crippen LogP contribution is -2.14. The first-order valence-electron chi connectivity index (χ1n) is 12.8. The van der Waals surface area contributed by atoms with Crippen LogP contribution in [0.2, 0.25) is 0 Å². The summed E-state index contributed by atoms with van der Waals surface area (Å²) in [5, 5.41) is 3.58. The van der Waals surface area contributed by atoms with Crippen LogP contribution in [-0.2, 0) is 6.54 Å². The fraction of sp³-hybridized carbons (Fsp3) is 0.778. The van der Waals surface area contributed by atoms with Gasteiger partial charge in [-0.2, -0.15) is 0 Å². The van der Waals surface area contributed by atoms with Crippen molar-refractivity contribution in [2.24, 2.45) is 0 Å². The molecule has 0 heterocycles. The van der Waals surface area contributed by atoms with Gasteiger partial charge in [-0.1, -0.05) is 116 Å². The summed E-state index contributed by atoms with van der Waals surface area (Å²) >= 11 is 0. The summed E-state index contributed by atoms with van der Waals surface area (Å²) in [6.07, 6.45) is 22.2. The fourth-order valence-electron chi connectivity index (χ4n) is 3.76. The summed E-state index contributed by atoms with van der Waals surface area (Å²) in [4.78, 5) is 0. The molecule has 1 aromatic rings. The molecule has 0 fully saturated rings. The fourth-order valence-corrected chi connectivity index (χ4v) is 3.76. The van der Waals surface area contributed by atoms with Gasteiger partial charge in [0.05, 0.1) is 6.61 Å². The normalized spacial score (nSPS) is 11.1. The van der Waals surface area contributed by atoms with Gasteiger partial charge in [-0.05, 0) is 37.1 Å². The lowest BCUT2D eigenvalue weighted by molar-refractivity contribution is 0.309. The van der Waals surface area contributed by atoms with E-state index in [1.54, 1.807) is 0 Å². The highest BCUT2D eigenvalue weighted by Gasteiger charge is 1.98. The molecule has 0 saturated carbocycles. The Morgan fingerprint density at radius 1 is 0.655 bits per heavy atom. The molecular formula is C27H49NO. The van der Waals surface area contributed by atoms with Crippen LogP contribution in [0.15, 0.2) is 24.3 Å². The first-order valence-corrected chi connectivity index (χ1v) is 12.8. The molecule has 0 aromatic heterocycles. The Hall–Kier alpha value is -1.02. The highest BCUT2D eigenvalue weighted by atomic mass is 16.5. The van der Waals surface area contributed by atoms with E-state index in [4.69, 9.17) is 4.74 Å². The van der Waals surface area contributed by atoms with Crippen LogP contribution < -0.4 is 10.1 Å². The molecule has 0 bridgehead atoms. The highest BCUT2D eigenvalue weighted by Crippen LogP contribution is 2.14. The molecule has 1 aromatic carbocycles. The molecule has 2 nitrogen and oxygen atoms in total. The van der Waals surface area contributed by atoms with Gasteiger partial charge >= 0.3 is 0 Å². The van der Waals surface area contributed by atoms with Crippen molar-refractivity contribution in [3.63, 3.8) is 0 Å². The molecule has 0 spiro atoms. The summed E-state index contributed by atoms with van der Waals surface area (Å²) in [6.45, 7) is 7.39. The molecule has 0 amide bonds. The number of rotatable bonds is 21. The van der Waals surface area contributed by atoms with Crippen LogP contribution in [0.3, 0.4) is 0 Å². The number of nitrogens with one attached hydrogen (secondary N) is 1. The van der Waals surface area contributed by atoms with Crippen LogP contribution in [0.25, 0.3) is 0 Å². The van der Waals surface area contributed by atoms with E-state index in [1.807, 2.05) is 0 Å². The van der Waals surface area contributed by atoms with Gasteiger partial charge in [0.2, 0.25) is 0 Å². The van der Waals surface area contributed by atoms with Crippen molar-refractivity contribution >= 4 is 0 Å². The molecular weight excluding hydrogens is 354 g/mol. The van der Waals surface area contributed by atoms with Crippen LogP contribution in [0.4, 0.5) is 0 Å². The topological polar surface area (TPSA) is 21.3 Å². The summed E-state index contributed by atoms with van der Waals surface area (Å²) in [6, 6.07) is 8.52. The van der Waals surface area contributed by atoms with Crippen LogP contribution in [0.1, 0.15) is 122 Å². The average molecular weight is 404 g/mol. The minimum Gasteiger partial charge on any atom is -0.494 e. The van der Waals surface area contributed by atoms with Gasteiger partial charge in [0.1, 0.15) is 5.75 Å². The van der Waals surface area contributed by atoms with E-state index in [-0.39, 0.29) is 0 Å². The Bertz CT molecular complexity index is 460. The van der Waals surface area contributed by atoms with Gasteiger partial charge in [0.15, 0.2) is 0 Å². The van der Waals surface area contributed by atoms with E-state index in [0.717, 1.165) is 31.9 Å². The van der Waals surface area contributed by atoms with Crippen molar-refractivity contribution < 1.29 is 4.74 Å². The summed E-state index contributed by atoms with van der Waals surface area (Å²) in [5.41, 5.74) is 1.32. The maximum Gasteiger partial charge on any atom is 0.119 e. The van der Waals surface area contributed by atoms with E-state index < -0.39 is 0 Å². The monoisotopic (exact) mass is 403 g/mol. The Morgan fingerprint density at radius 3 is 1.79 bits per heavy atom. The summed E-state index contributed by atoms with van der Waals surface area (Å²) in [7, 11) is 0. The van der Waals surface area contributed by atoms with E-state index in [1.165, 1.54) is 102 Å². The largest absolute Gasteiger partial charge is 0.494 e. The summed E-state index contributed by atoms with van der Waals surface area (Å²) < 4.78 is 5.79. The predicted octanol–water partition coefficient (Wildman–Crippen LogP) is 8.44. The molecule has 0 saturated heterocycles. The smallest absolute Gasteiger partial charge is 0.119 e. The van der Waals surface area contributed by atoms with Gasteiger partial charge in [0, 0.05) is 6.54 Å². The van der Waals surface area contributed by atoms with Crippen molar-refractivity contribution in [2.45, 2.75) is 123 Å². The lowest BCUT2D eigenvalue weighted by atomic mass is 10.0. The SMILES string of the molecule is CCCCCCCCCCCCCCCCNCc1cccc(OCCCC)c1. The molecule has 2 heteroatoms. The van der Waals surface area contributed by atoms with Crippen LogP contribution in [0, 0.1) is 0 Å². The Labute approximate surface area is 182 Å². The van der Waals surface area contributed by atoms with Crippen molar-refractivity contribution in [2.75, 3.05) is 13.2 Å². The molecule has 1 N–H and O–H groups in total. The predicted molar refractivity (Wildman–Crippen MR) is 129 cm³/mol. The second-order valence-corrected chi connectivity index (χ2v) is 8.62. The first kappa shape index (κ1) is 26.0. The average Bonchev–Trinajstić information content (AvgIpc) is 2.74. The van der Waals surface area contributed by atoms with Crippen LogP contribution in [-0.4, -0.2) is 13.2 Å². The molecule has 0 aliphatic heterocycles. The van der Waals surface area contributed by atoms with E-state index >= 15 is 0 Å². The number of benzene rings is 1. The third-order valence-electron chi connectivity index (χ3n) is 5.70. The van der Waals surface area contributed by atoms with Gasteiger partial charge in [0.25, 0.3) is 0 Å². The maximum absolute atomic E-state index is 5.79. The zero-order valence-electron chi connectivity index (χ0n) is 19.7. The number of hydrogen-bond acceptors (Lipinski definition) is 2. The number of unbranched alkanes of at least 4 members (excludes halogenated alkanes) is 14. The second kappa shape index (κ2) is 20.3. The van der Waals surface area contributed by atoms with Crippen molar-refractivity contribution in [1.82, 2.24) is 5.32 Å². The van der Waals surface area contributed by atoms with Crippen molar-refractivity contribution in [1.29, 1.82) is 0 Å². The Morgan fingerprint density at radius 2 is 1.21 bits per heavy atom. The minimum absolute atomic E-state index is 0.826. The van der Waals surface area contributed by atoms with E-state index in [2.05, 4.69) is 43.4 Å². The molecule has 0 aliphatic carbocycles. The van der Waals surface area contributed by atoms with Gasteiger partial charge in [-0.25, -0.2) is 0 Å². The molecule has 0 atom stereocenters. The van der Waals surface area contributed by atoms with E-state index in [9.17, 15) is 0 Å². The Balaban J connectivity index is 1.85. The second-order valence-electron chi connectivity index (χ2n) is 8.62. The van der Waals surface area contributed by atoms with Gasteiger partial charge < -0.3 is 10.1 Å². The third-order valence-corrected chi connectivity index (χ3v) is 5.70. The molecule has 168 valence electrons. The third kappa shape index (κ3) is 16.5. The van der Waals surface area contributed by atoms with Crippen molar-refractivity contribution in [3.05, 3.63) is 29.8 Å². The van der Waals surface area contributed by atoms with E-state index in [0.29, 0.717) is 0 Å². The highest BCUT2D eigenvalue weighted by molar-refractivity contribution is 5.28. The number of ether oxygens (including phenoxy) is 1. The molecule has 0 radical (unpaired) electrons. The van der Waals surface area contributed by atoms with Crippen LogP contribution in [0.5, 0.6) is 5.75 Å². The van der Waals surface area contributed by atoms with Crippen molar-refractivity contribution in [3.8, 4) is 5.75 Å². The molecule has 1 rings (SSSR count). The number of hydrogen-bond donors (Lipinski definition) is 1. The zero-order valence-corrected chi connectivity index (χ0v) is 19.7. The Kier molecular flexibility index (Phi) is 18.2. The summed E-state index contributed by atoms with van der Waals surface area (Å²) in [5.74, 6) is 1.01. The molecule has 0 aliphatic rings. The standard InChI is InChI=1S/C27H49NO/c1-3-5-7-8-9-10-11-12-13-14-15-16-17-18-22-28-25-26-20-19-21-27(24-26)29-23-6-4-2/h19-21,24,28H,3-18,22-23,25H2,1-2H3. The lowest BCUT2D eigenvalue weighted by Gasteiger charge is -2.09. The van der Waals surface area contributed by atoms with Crippen LogP contribution >= 0.6 is 0 Å². The maximum atomic E-state index is 5.79. The van der Waals surface area contributed by atoms with Gasteiger partial charge in [-0.15, -0.1) is 0 Å².